The van der Waals surface area contributed by atoms with E-state index in [2.05, 4.69) is 42.5 Å². The fourth-order valence-corrected chi connectivity index (χ4v) is 4.65. The minimum atomic E-state index is -0.332. The van der Waals surface area contributed by atoms with E-state index in [0.717, 1.165) is 35.9 Å². The summed E-state index contributed by atoms with van der Waals surface area (Å²) in [6.07, 6.45) is 11.7. The Kier molecular flexibility index (Phi) is 5.44. The molecule has 1 aliphatic carbocycles. The second kappa shape index (κ2) is 8.77. The van der Waals surface area contributed by atoms with Gasteiger partial charge in [0.1, 0.15) is 16.9 Å². The number of fused-ring (bicyclic) bond motifs is 2. The summed E-state index contributed by atoms with van der Waals surface area (Å²) in [4.78, 5) is 6.47. The average Bonchev–Trinajstić information content (AvgIpc) is 3.55. The Balaban J connectivity index is 1.21. The molecular formula is C25H28FN9. The quantitative estimate of drug-likeness (QED) is 0.358. The van der Waals surface area contributed by atoms with Crippen molar-refractivity contribution in [3.05, 3.63) is 60.1 Å². The molecule has 9 nitrogen and oxygen atoms in total. The van der Waals surface area contributed by atoms with Gasteiger partial charge in [-0.05, 0) is 43.0 Å². The SMILES string of the molecule is CN(C)c1cc(-c2cn(Cc3cn4cc(CNCC5CCC5)ccc4n3)nn2)c2cn[nH]c2c1F. The summed E-state index contributed by atoms with van der Waals surface area (Å²) >= 11 is 0. The van der Waals surface area contributed by atoms with Crippen LogP contribution in [-0.2, 0) is 13.1 Å². The van der Waals surface area contributed by atoms with Gasteiger partial charge in [-0.15, -0.1) is 5.10 Å². The normalized spacial score (nSPS) is 14.1. The Hall–Kier alpha value is -3.79. The van der Waals surface area contributed by atoms with Crippen LogP contribution in [0.3, 0.4) is 0 Å². The molecule has 10 heteroatoms. The third-order valence-corrected chi connectivity index (χ3v) is 6.82. The zero-order chi connectivity index (χ0) is 23.9. The van der Waals surface area contributed by atoms with Crippen molar-refractivity contribution in [1.29, 1.82) is 0 Å². The lowest BCUT2D eigenvalue weighted by molar-refractivity contribution is 0.301. The summed E-state index contributed by atoms with van der Waals surface area (Å²) in [5, 5.41) is 19.7. The third kappa shape index (κ3) is 4.14. The third-order valence-electron chi connectivity index (χ3n) is 6.82. The fraction of sp³-hybridized carbons (Fsp3) is 0.360. The van der Waals surface area contributed by atoms with E-state index in [0.29, 0.717) is 28.8 Å². The van der Waals surface area contributed by atoms with E-state index in [4.69, 9.17) is 4.98 Å². The summed E-state index contributed by atoms with van der Waals surface area (Å²) in [6.45, 7) is 2.44. The van der Waals surface area contributed by atoms with Crippen molar-refractivity contribution < 1.29 is 4.39 Å². The first-order valence-electron chi connectivity index (χ1n) is 12.0. The van der Waals surface area contributed by atoms with E-state index in [1.54, 1.807) is 35.9 Å². The number of pyridine rings is 1. The van der Waals surface area contributed by atoms with Gasteiger partial charge in [-0.25, -0.2) is 14.1 Å². The highest BCUT2D eigenvalue weighted by Gasteiger charge is 2.19. The van der Waals surface area contributed by atoms with Crippen LogP contribution in [0.4, 0.5) is 10.1 Å². The lowest BCUT2D eigenvalue weighted by Crippen LogP contribution is -2.26. The molecule has 2 N–H and O–H groups in total. The maximum Gasteiger partial charge on any atom is 0.172 e. The predicted octanol–water partition coefficient (Wildman–Crippen LogP) is 3.61. The number of halogens is 1. The number of benzene rings is 1. The Labute approximate surface area is 202 Å². The summed E-state index contributed by atoms with van der Waals surface area (Å²) in [7, 11) is 3.61. The van der Waals surface area contributed by atoms with Crippen LogP contribution in [-0.4, -0.2) is 55.2 Å². The molecule has 0 atom stereocenters. The average molecular weight is 474 g/mol. The first kappa shape index (κ1) is 21.7. The largest absolute Gasteiger partial charge is 0.375 e. The summed E-state index contributed by atoms with van der Waals surface area (Å²) < 4.78 is 18.6. The predicted molar refractivity (Wildman–Crippen MR) is 133 cm³/mol. The lowest BCUT2D eigenvalue weighted by Gasteiger charge is -2.25. The Morgan fingerprint density at radius 2 is 2.09 bits per heavy atom. The molecule has 180 valence electrons. The molecule has 0 aliphatic heterocycles. The maximum atomic E-state index is 14.8. The van der Waals surface area contributed by atoms with Crippen molar-refractivity contribution in [2.24, 2.45) is 5.92 Å². The van der Waals surface area contributed by atoms with Crippen LogP contribution >= 0.6 is 0 Å². The van der Waals surface area contributed by atoms with E-state index in [9.17, 15) is 4.39 Å². The lowest BCUT2D eigenvalue weighted by atomic mass is 9.85. The van der Waals surface area contributed by atoms with Crippen LogP contribution in [0.15, 0.2) is 43.0 Å². The van der Waals surface area contributed by atoms with E-state index in [1.165, 1.54) is 24.8 Å². The number of H-pyrrole nitrogens is 1. The van der Waals surface area contributed by atoms with Gasteiger partial charge >= 0.3 is 0 Å². The summed E-state index contributed by atoms with van der Waals surface area (Å²) in [5.74, 6) is 0.515. The van der Waals surface area contributed by atoms with Crippen LogP contribution in [0.5, 0.6) is 0 Å². The van der Waals surface area contributed by atoms with Crippen molar-refractivity contribution in [2.45, 2.75) is 32.4 Å². The zero-order valence-electron chi connectivity index (χ0n) is 19.9. The molecule has 5 aromatic rings. The van der Waals surface area contributed by atoms with Gasteiger partial charge in [0.15, 0.2) is 5.82 Å². The number of imidazole rings is 1. The molecule has 0 saturated heterocycles. The highest BCUT2D eigenvalue weighted by Crippen LogP contribution is 2.34. The molecule has 6 rings (SSSR count). The van der Waals surface area contributed by atoms with Gasteiger partial charge in [0.2, 0.25) is 0 Å². The molecule has 1 saturated carbocycles. The van der Waals surface area contributed by atoms with Crippen LogP contribution < -0.4 is 10.2 Å². The van der Waals surface area contributed by atoms with Gasteiger partial charge in [0.25, 0.3) is 0 Å². The second-order valence-corrected chi connectivity index (χ2v) is 9.57. The molecule has 0 amide bonds. The number of nitrogens with zero attached hydrogens (tertiary/aromatic N) is 7. The first-order chi connectivity index (χ1) is 17.0. The van der Waals surface area contributed by atoms with Gasteiger partial charge in [-0.3, -0.25) is 5.10 Å². The van der Waals surface area contributed by atoms with E-state index in [-0.39, 0.29) is 5.82 Å². The van der Waals surface area contributed by atoms with Crippen molar-refractivity contribution in [1.82, 2.24) is 39.9 Å². The first-order valence-corrected chi connectivity index (χ1v) is 12.0. The van der Waals surface area contributed by atoms with Crippen LogP contribution in [0.25, 0.3) is 27.8 Å². The second-order valence-electron chi connectivity index (χ2n) is 9.57. The van der Waals surface area contributed by atoms with Crippen molar-refractivity contribution >= 4 is 22.2 Å². The Bertz CT molecular complexity index is 1490. The van der Waals surface area contributed by atoms with E-state index in [1.807, 2.05) is 18.5 Å². The molecule has 1 aromatic carbocycles. The number of rotatable bonds is 8. The van der Waals surface area contributed by atoms with Crippen molar-refractivity contribution in [3.63, 3.8) is 0 Å². The van der Waals surface area contributed by atoms with Gasteiger partial charge in [-0.1, -0.05) is 17.7 Å². The van der Waals surface area contributed by atoms with Gasteiger partial charge < -0.3 is 14.6 Å². The molecule has 0 bridgehead atoms. The topological polar surface area (TPSA) is 92.0 Å². The molecule has 0 spiro atoms. The molecule has 1 fully saturated rings. The highest BCUT2D eigenvalue weighted by molar-refractivity contribution is 5.96. The van der Waals surface area contributed by atoms with Crippen molar-refractivity contribution in [2.75, 3.05) is 25.5 Å². The minimum absolute atomic E-state index is 0.332. The summed E-state index contributed by atoms with van der Waals surface area (Å²) in [6, 6.07) is 5.96. The smallest absolute Gasteiger partial charge is 0.172 e. The Morgan fingerprint density at radius 1 is 1.20 bits per heavy atom. The number of hydrogen-bond donors (Lipinski definition) is 2. The van der Waals surface area contributed by atoms with E-state index < -0.39 is 0 Å². The monoisotopic (exact) mass is 473 g/mol. The molecule has 0 unspecified atom stereocenters. The Morgan fingerprint density at radius 3 is 2.89 bits per heavy atom. The van der Waals surface area contributed by atoms with Gasteiger partial charge in [0, 0.05) is 44.0 Å². The molecule has 4 heterocycles. The number of nitrogens with one attached hydrogen (secondary N) is 2. The number of aromatic nitrogens is 7. The number of hydrogen-bond acceptors (Lipinski definition) is 6. The van der Waals surface area contributed by atoms with E-state index >= 15 is 0 Å². The zero-order valence-corrected chi connectivity index (χ0v) is 19.9. The molecule has 4 aromatic heterocycles. The minimum Gasteiger partial charge on any atom is -0.375 e. The molecular weight excluding hydrogens is 445 g/mol. The highest BCUT2D eigenvalue weighted by atomic mass is 19.1. The van der Waals surface area contributed by atoms with Crippen LogP contribution in [0.2, 0.25) is 0 Å². The van der Waals surface area contributed by atoms with Gasteiger partial charge in [0.05, 0.1) is 30.3 Å². The van der Waals surface area contributed by atoms with Crippen LogP contribution in [0.1, 0.15) is 30.5 Å². The molecule has 35 heavy (non-hydrogen) atoms. The van der Waals surface area contributed by atoms with Gasteiger partial charge in [-0.2, -0.15) is 5.10 Å². The maximum absolute atomic E-state index is 14.8. The summed E-state index contributed by atoms with van der Waals surface area (Å²) in [5.41, 5.74) is 5.28. The standard InChI is InChI=1S/C25H28FN9/c1-33(2)22-8-19(20-11-28-31-25(20)24(22)26)21-15-35(32-30-21)14-18-13-34-12-17(6-7-23(34)29-18)10-27-9-16-4-3-5-16/h6-8,11-13,15-16,27H,3-5,9-10,14H2,1-2H3,(H,28,31). The van der Waals surface area contributed by atoms with Crippen molar-refractivity contribution in [3.8, 4) is 11.3 Å². The van der Waals surface area contributed by atoms with Crippen LogP contribution in [0, 0.1) is 11.7 Å². The number of anilines is 1. The molecule has 1 aliphatic rings. The fourth-order valence-electron chi connectivity index (χ4n) is 4.65. The number of aromatic amines is 1. The molecule has 0 radical (unpaired) electrons.